The fraction of sp³-hybridized carbons (Fsp3) is 0.533. The average molecular weight is 308 g/mol. The van der Waals surface area contributed by atoms with Crippen molar-refractivity contribution in [3.8, 4) is 0 Å². The Balaban J connectivity index is 2.53. The Bertz CT molecular complexity index is 491. The van der Waals surface area contributed by atoms with Crippen LogP contribution in [0.2, 0.25) is 0 Å². The van der Waals surface area contributed by atoms with Crippen LogP contribution in [0.4, 0.5) is 0 Å². The number of nitrogens with one attached hydrogen (secondary N) is 2. The van der Waals surface area contributed by atoms with Gasteiger partial charge in [0.25, 0.3) is 11.8 Å². The number of carbonyl (C=O) groups excluding carboxylic acids is 2. The second-order valence-electron chi connectivity index (χ2n) is 5.12. The molecule has 0 unspecified atom stereocenters. The van der Waals surface area contributed by atoms with Crippen molar-refractivity contribution in [3.63, 3.8) is 0 Å². The molecule has 0 aliphatic carbocycles. The van der Waals surface area contributed by atoms with Crippen LogP contribution in [0.1, 0.15) is 27.1 Å². The highest BCUT2D eigenvalue weighted by atomic mass is 16.5. The molecule has 0 aliphatic rings. The molecule has 7 nitrogen and oxygen atoms in total. The zero-order valence-electron chi connectivity index (χ0n) is 13.4. The zero-order chi connectivity index (χ0) is 16.4. The monoisotopic (exact) mass is 308 g/mol. The number of hydrogen-bond donors (Lipinski definition) is 2. The first kappa shape index (κ1) is 18.1. The van der Waals surface area contributed by atoms with Crippen LogP contribution in [-0.4, -0.2) is 69.1 Å². The molecule has 0 radical (unpaired) electrons. The predicted octanol–water partition coefficient (Wildman–Crippen LogP) is 0.139. The van der Waals surface area contributed by atoms with E-state index in [0.29, 0.717) is 30.8 Å². The SMILES string of the molecule is COCCCNC(=O)c1cncc(C(=O)NCCN(C)C)c1. The Hall–Kier alpha value is -1.99. The maximum absolute atomic E-state index is 12.0. The molecule has 0 spiro atoms. The summed E-state index contributed by atoms with van der Waals surface area (Å²) in [5, 5.41) is 5.55. The van der Waals surface area contributed by atoms with Crippen molar-refractivity contribution in [2.24, 2.45) is 0 Å². The first-order valence-electron chi connectivity index (χ1n) is 7.19. The molecule has 0 saturated heterocycles. The van der Waals surface area contributed by atoms with E-state index < -0.39 is 0 Å². The number of carbonyl (C=O) groups is 2. The Labute approximate surface area is 131 Å². The van der Waals surface area contributed by atoms with E-state index in [-0.39, 0.29) is 11.8 Å². The van der Waals surface area contributed by atoms with Gasteiger partial charge >= 0.3 is 0 Å². The lowest BCUT2D eigenvalue weighted by molar-refractivity contribution is 0.0948. The van der Waals surface area contributed by atoms with Gasteiger partial charge in [-0.15, -0.1) is 0 Å². The van der Waals surface area contributed by atoms with E-state index in [4.69, 9.17) is 4.74 Å². The number of methoxy groups -OCH3 is 1. The van der Waals surface area contributed by atoms with E-state index in [9.17, 15) is 9.59 Å². The molecule has 0 bridgehead atoms. The van der Waals surface area contributed by atoms with Crippen molar-refractivity contribution in [1.82, 2.24) is 20.5 Å². The second kappa shape index (κ2) is 9.86. The fourth-order valence-corrected chi connectivity index (χ4v) is 1.70. The lowest BCUT2D eigenvalue weighted by atomic mass is 10.2. The zero-order valence-corrected chi connectivity index (χ0v) is 13.4. The second-order valence-corrected chi connectivity index (χ2v) is 5.12. The Kier molecular flexibility index (Phi) is 8.09. The smallest absolute Gasteiger partial charge is 0.252 e. The molecule has 0 aliphatic heterocycles. The highest BCUT2D eigenvalue weighted by molar-refractivity contribution is 5.99. The Morgan fingerprint density at radius 2 is 1.73 bits per heavy atom. The molecule has 22 heavy (non-hydrogen) atoms. The molecule has 122 valence electrons. The van der Waals surface area contributed by atoms with Crippen LogP contribution in [0.3, 0.4) is 0 Å². The van der Waals surface area contributed by atoms with E-state index in [2.05, 4.69) is 15.6 Å². The largest absolute Gasteiger partial charge is 0.385 e. The number of pyridine rings is 1. The molecule has 1 heterocycles. The van der Waals surface area contributed by atoms with E-state index in [1.165, 1.54) is 12.4 Å². The van der Waals surface area contributed by atoms with Crippen LogP contribution in [0.15, 0.2) is 18.5 Å². The van der Waals surface area contributed by atoms with Gasteiger partial charge in [0.05, 0.1) is 11.1 Å². The number of amides is 2. The highest BCUT2D eigenvalue weighted by Gasteiger charge is 2.10. The lowest BCUT2D eigenvalue weighted by Gasteiger charge is -2.10. The van der Waals surface area contributed by atoms with Gasteiger partial charge in [-0.05, 0) is 26.6 Å². The van der Waals surface area contributed by atoms with Gasteiger partial charge in [0.2, 0.25) is 0 Å². The molecule has 1 aromatic heterocycles. The van der Waals surface area contributed by atoms with Crippen molar-refractivity contribution in [2.75, 3.05) is 47.4 Å². The van der Waals surface area contributed by atoms with Crippen LogP contribution < -0.4 is 10.6 Å². The van der Waals surface area contributed by atoms with Crippen LogP contribution in [0, 0.1) is 0 Å². The molecule has 1 rings (SSSR count). The quantitative estimate of drug-likeness (QED) is 0.634. The summed E-state index contributed by atoms with van der Waals surface area (Å²) in [5.74, 6) is -0.477. The predicted molar refractivity (Wildman–Crippen MR) is 84.0 cm³/mol. The van der Waals surface area contributed by atoms with Crippen molar-refractivity contribution >= 4 is 11.8 Å². The minimum absolute atomic E-state index is 0.233. The standard InChI is InChI=1S/C15H24N4O3/c1-19(2)7-6-18-15(21)13-9-12(10-16-11-13)14(20)17-5-4-8-22-3/h9-11H,4-8H2,1-3H3,(H,17,20)(H,18,21). The van der Waals surface area contributed by atoms with Gasteiger partial charge in [-0.2, -0.15) is 0 Å². The molecule has 1 aromatic rings. The summed E-state index contributed by atoms with van der Waals surface area (Å²) in [4.78, 5) is 29.9. The summed E-state index contributed by atoms with van der Waals surface area (Å²) in [6, 6.07) is 1.55. The van der Waals surface area contributed by atoms with Gasteiger partial charge in [-0.3, -0.25) is 14.6 Å². The van der Waals surface area contributed by atoms with Crippen molar-refractivity contribution in [2.45, 2.75) is 6.42 Å². The van der Waals surface area contributed by atoms with Gasteiger partial charge < -0.3 is 20.3 Å². The number of nitrogens with zero attached hydrogens (tertiary/aromatic N) is 2. The Morgan fingerprint density at radius 3 is 2.27 bits per heavy atom. The van der Waals surface area contributed by atoms with Gasteiger partial charge in [0.15, 0.2) is 0 Å². The molecular weight excluding hydrogens is 284 g/mol. The number of hydrogen-bond acceptors (Lipinski definition) is 5. The highest BCUT2D eigenvalue weighted by Crippen LogP contribution is 2.03. The van der Waals surface area contributed by atoms with Crippen molar-refractivity contribution in [1.29, 1.82) is 0 Å². The molecule has 0 saturated carbocycles. The average Bonchev–Trinajstić information content (AvgIpc) is 2.51. The lowest BCUT2D eigenvalue weighted by Crippen LogP contribution is -2.31. The number of aromatic nitrogens is 1. The topological polar surface area (TPSA) is 83.6 Å². The summed E-state index contributed by atoms with van der Waals surface area (Å²) >= 11 is 0. The molecule has 2 amide bonds. The van der Waals surface area contributed by atoms with E-state index in [0.717, 1.165) is 13.0 Å². The fourth-order valence-electron chi connectivity index (χ4n) is 1.70. The first-order chi connectivity index (χ1) is 10.5. The van der Waals surface area contributed by atoms with E-state index in [1.54, 1.807) is 13.2 Å². The third kappa shape index (κ3) is 6.64. The summed E-state index contributed by atoms with van der Waals surface area (Å²) in [7, 11) is 5.48. The van der Waals surface area contributed by atoms with E-state index in [1.807, 2.05) is 19.0 Å². The normalized spacial score (nSPS) is 10.5. The third-order valence-electron chi connectivity index (χ3n) is 2.92. The van der Waals surface area contributed by atoms with E-state index >= 15 is 0 Å². The van der Waals surface area contributed by atoms with Crippen LogP contribution >= 0.6 is 0 Å². The molecule has 0 aromatic carbocycles. The summed E-state index contributed by atoms with van der Waals surface area (Å²) in [6.07, 6.45) is 3.63. The maximum atomic E-state index is 12.0. The minimum atomic E-state index is -0.244. The molecular formula is C15H24N4O3. The van der Waals surface area contributed by atoms with Gasteiger partial charge in [-0.1, -0.05) is 0 Å². The van der Waals surface area contributed by atoms with Crippen LogP contribution in [0.5, 0.6) is 0 Å². The molecule has 7 heteroatoms. The van der Waals surface area contributed by atoms with Gasteiger partial charge in [0.1, 0.15) is 0 Å². The van der Waals surface area contributed by atoms with Crippen molar-refractivity contribution in [3.05, 3.63) is 29.6 Å². The Morgan fingerprint density at radius 1 is 1.14 bits per heavy atom. The number of ether oxygens (including phenoxy) is 1. The van der Waals surface area contributed by atoms with Gasteiger partial charge in [-0.25, -0.2) is 0 Å². The number of likely N-dealkylation sites (N-methyl/N-ethyl adjacent to an activating group) is 1. The van der Waals surface area contributed by atoms with Crippen LogP contribution in [-0.2, 0) is 4.74 Å². The summed E-state index contributed by atoms with van der Waals surface area (Å²) in [6.45, 7) is 2.40. The third-order valence-corrected chi connectivity index (χ3v) is 2.92. The maximum Gasteiger partial charge on any atom is 0.252 e. The number of rotatable bonds is 9. The summed E-state index contributed by atoms with van der Waals surface area (Å²) in [5.41, 5.74) is 0.751. The first-order valence-corrected chi connectivity index (χ1v) is 7.19. The molecule has 0 atom stereocenters. The molecule has 2 N–H and O–H groups in total. The van der Waals surface area contributed by atoms with Gasteiger partial charge in [0, 0.05) is 45.7 Å². The minimum Gasteiger partial charge on any atom is -0.385 e. The van der Waals surface area contributed by atoms with Crippen molar-refractivity contribution < 1.29 is 14.3 Å². The summed E-state index contributed by atoms with van der Waals surface area (Å²) < 4.78 is 4.91. The van der Waals surface area contributed by atoms with Crippen LogP contribution in [0.25, 0.3) is 0 Å². The molecule has 0 fully saturated rings.